The predicted octanol–water partition coefficient (Wildman–Crippen LogP) is 4.35. The monoisotopic (exact) mass is 619 g/mol. The average molecular weight is 620 g/mol. The van der Waals surface area contributed by atoms with Crippen LogP contribution in [0.15, 0.2) is 18.2 Å². The molecule has 4 fully saturated rings. The van der Waals surface area contributed by atoms with E-state index >= 15 is 0 Å². The van der Waals surface area contributed by atoms with Crippen molar-refractivity contribution in [1.29, 1.82) is 5.26 Å². The lowest BCUT2D eigenvalue weighted by Gasteiger charge is -2.40. The minimum absolute atomic E-state index is 0.0700. The van der Waals surface area contributed by atoms with Gasteiger partial charge in [-0.2, -0.15) is 31.6 Å². The zero-order valence-corrected chi connectivity index (χ0v) is 24.1. The Kier molecular flexibility index (Phi) is 8.87. The number of aliphatic hydroxyl groups is 1. The summed E-state index contributed by atoms with van der Waals surface area (Å²) in [5.41, 5.74) is -3.84. The molecule has 9 nitrogen and oxygen atoms in total. The summed E-state index contributed by atoms with van der Waals surface area (Å²) in [6.07, 6.45) is -8.62. The van der Waals surface area contributed by atoms with E-state index in [1.54, 1.807) is 32.6 Å². The first kappa shape index (κ1) is 32.7. The molecule has 1 aliphatic carbocycles. The zero-order chi connectivity index (χ0) is 32.1. The largest absolute Gasteiger partial charge is 0.444 e. The summed E-state index contributed by atoms with van der Waals surface area (Å²) in [7, 11) is 0. The number of nitriles is 1. The van der Waals surface area contributed by atoms with Crippen molar-refractivity contribution < 1.29 is 45.8 Å². The van der Waals surface area contributed by atoms with Gasteiger partial charge in [-0.25, -0.2) is 4.79 Å². The lowest BCUT2D eigenvalue weighted by atomic mass is 10.1. The van der Waals surface area contributed by atoms with E-state index in [2.05, 4.69) is 11.4 Å². The Morgan fingerprint density at radius 1 is 1.09 bits per heavy atom. The van der Waals surface area contributed by atoms with Gasteiger partial charge in [0, 0.05) is 36.9 Å². The van der Waals surface area contributed by atoms with Crippen LogP contribution in [0, 0.1) is 17.2 Å². The molecule has 4 aliphatic rings. The quantitative estimate of drug-likeness (QED) is 0.373. The van der Waals surface area contributed by atoms with Crippen LogP contribution in [-0.2, 0) is 21.9 Å². The molecule has 2 N–H and O–H groups in total. The molecule has 1 saturated carbocycles. The number of piperazine rings is 1. The molecule has 43 heavy (non-hydrogen) atoms. The Balaban J connectivity index is 0.000000353. The van der Waals surface area contributed by atoms with Gasteiger partial charge in [0.1, 0.15) is 17.9 Å². The van der Waals surface area contributed by atoms with Gasteiger partial charge in [0.15, 0.2) is 0 Å². The van der Waals surface area contributed by atoms with Crippen molar-refractivity contribution in [3.05, 3.63) is 29.3 Å². The minimum atomic E-state index is -4.96. The fraction of sp³-hybridized carbons (Fsp3) is 0.679. The van der Waals surface area contributed by atoms with E-state index in [1.165, 1.54) is 4.90 Å². The highest BCUT2D eigenvalue weighted by molar-refractivity contribution is 5.68. The third-order valence-corrected chi connectivity index (χ3v) is 8.02. The SMILES string of the molecule is CC(CN1C[C@@H]2CC1C(O)N2c1cc(C(F)(F)F)cc(C(F)(F)F)c1)NC(=O)OC(C)(C)C.N#CC1CC2CC2N1C=O. The molecular weight excluding hydrogens is 584 g/mol. The van der Waals surface area contributed by atoms with E-state index in [9.17, 15) is 41.0 Å². The Labute approximate surface area is 245 Å². The van der Waals surface area contributed by atoms with Crippen molar-refractivity contribution in [2.24, 2.45) is 5.92 Å². The molecule has 1 aromatic carbocycles. The number of carbonyl (C=O) groups excluding carboxylic acids is 2. The highest BCUT2D eigenvalue weighted by Crippen LogP contribution is 2.46. The third kappa shape index (κ3) is 7.46. The summed E-state index contributed by atoms with van der Waals surface area (Å²) in [5.74, 6) is 0.648. The number of likely N-dealkylation sites (tertiary alicyclic amines) is 2. The Bertz CT molecular complexity index is 1210. The van der Waals surface area contributed by atoms with Crippen molar-refractivity contribution in [2.45, 2.75) is 101 Å². The molecule has 3 saturated heterocycles. The van der Waals surface area contributed by atoms with Crippen molar-refractivity contribution in [3.8, 4) is 6.07 Å². The maximum Gasteiger partial charge on any atom is 0.416 e. The smallest absolute Gasteiger partial charge is 0.416 e. The number of anilines is 1. The number of carbonyl (C=O) groups is 2. The number of amides is 2. The molecule has 7 atom stereocenters. The van der Waals surface area contributed by atoms with E-state index in [-0.39, 0.29) is 23.8 Å². The number of nitrogens with one attached hydrogen (secondary N) is 1. The molecule has 2 bridgehead atoms. The summed E-state index contributed by atoms with van der Waals surface area (Å²) in [6.45, 7) is 7.56. The second kappa shape index (κ2) is 11.7. The van der Waals surface area contributed by atoms with E-state index < -0.39 is 53.5 Å². The van der Waals surface area contributed by atoms with E-state index in [4.69, 9.17) is 10.00 Å². The van der Waals surface area contributed by atoms with Crippen LogP contribution in [0.3, 0.4) is 0 Å². The number of alkyl halides is 6. The molecule has 1 aromatic rings. The molecule has 0 spiro atoms. The highest BCUT2D eigenvalue weighted by Gasteiger charge is 2.52. The number of alkyl carbamates (subject to hydrolysis) is 1. The maximum atomic E-state index is 13.2. The van der Waals surface area contributed by atoms with Crippen LogP contribution in [0.25, 0.3) is 0 Å². The van der Waals surface area contributed by atoms with Gasteiger partial charge in [-0.1, -0.05) is 0 Å². The Hall–Kier alpha value is -3.25. The van der Waals surface area contributed by atoms with Gasteiger partial charge >= 0.3 is 18.4 Å². The summed E-state index contributed by atoms with van der Waals surface area (Å²) in [6, 6.07) is 2.43. The zero-order valence-electron chi connectivity index (χ0n) is 24.1. The van der Waals surface area contributed by atoms with Crippen molar-refractivity contribution in [2.75, 3.05) is 18.0 Å². The number of piperidine rings is 1. The highest BCUT2D eigenvalue weighted by atomic mass is 19.4. The summed E-state index contributed by atoms with van der Waals surface area (Å²) in [5, 5.41) is 22.0. The van der Waals surface area contributed by atoms with Crippen LogP contribution in [0.2, 0.25) is 0 Å². The number of benzene rings is 1. The van der Waals surface area contributed by atoms with Gasteiger partial charge < -0.3 is 25.0 Å². The first-order valence-electron chi connectivity index (χ1n) is 13.9. The van der Waals surface area contributed by atoms with Crippen molar-refractivity contribution >= 4 is 18.2 Å². The number of halogens is 6. The molecule has 2 amide bonds. The molecule has 5 rings (SSSR count). The number of hydrogen-bond donors (Lipinski definition) is 2. The number of fused-ring (bicyclic) bond motifs is 3. The molecule has 3 heterocycles. The van der Waals surface area contributed by atoms with Gasteiger partial charge in [-0.05, 0) is 71.1 Å². The number of rotatable bonds is 5. The molecule has 0 radical (unpaired) electrons. The second-order valence-electron chi connectivity index (χ2n) is 12.5. The first-order chi connectivity index (χ1) is 19.8. The van der Waals surface area contributed by atoms with E-state index in [0.29, 0.717) is 43.6 Å². The Morgan fingerprint density at radius 3 is 2.16 bits per heavy atom. The van der Waals surface area contributed by atoms with Gasteiger partial charge in [0.25, 0.3) is 0 Å². The number of hydrogen-bond acceptors (Lipinski definition) is 7. The fourth-order valence-electron chi connectivity index (χ4n) is 6.15. The summed E-state index contributed by atoms with van der Waals surface area (Å²) in [4.78, 5) is 27.1. The first-order valence-corrected chi connectivity index (χ1v) is 13.9. The molecule has 15 heteroatoms. The normalized spacial score (nSPS) is 28.9. The minimum Gasteiger partial charge on any atom is -0.444 e. The third-order valence-electron chi connectivity index (χ3n) is 8.02. The summed E-state index contributed by atoms with van der Waals surface area (Å²) < 4.78 is 84.5. The van der Waals surface area contributed by atoms with Crippen LogP contribution in [0.1, 0.15) is 58.1 Å². The van der Waals surface area contributed by atoms with Crippen molar-refractivity contribution in [3.63, 3.8) is 0 Å². The molecule has 238 valence electrons. The van der Waals surface area contributed by atoms with E-state index in [1.807, 2.05) is 4.90 Å². The average Bonchev–Trinajstić information content (AvgIpc) is 3.20. The van der Waals surface area contributed by atoms with Gasteiger partial charge in [0.2, 0.25) is 6.41 Å². The topological polar surface area (TPSA) is 109 Å². The number of aliphatic hydroxyl groups excluding tert-OH is 1. The molecule has 0 aromatic heterocycles. The van der Waals surface area contributed by atoms with Gasteiger partial charge in [-0.15, -0.1) is 0 Å². The standard InChI is InChI=1S/C21H27F6N3O3.C7H8N2O/c1-11(28-18(32)33-19(2,3)4)9-29-10-15-8-16(29)17(31)30(15)14-6-12(20(22,23)24)5-13(7-14)21(25,26)27;8-3-6-1-5-2-7(5)9(6)4-10/h5-7,11,15-17,31H,8-10H2,1-4H3,(H,28,32);4-7H,1-2H2/t11?,15-,16?,17?;/m0./s1. The molecule has 6 unspecified atom stereocenters. The van der Waals surface area contributed by atoms with Gasteiger partial charge in [-0.3, -0.25) is 9.69 Å². The van der Waals surface area contributed by atoms with Crippen LogP contribution in [-0.4, -0.2) is 82.5 Å². The molecule has 3 aliphatic heterocycles. The van der Waals surface area contributed by atoms with Crippen LogP contribution in [0.5, 0.6) is 0 Å². The molecular formula is C28H35F6N5O4. The number of ether oxygens (including phenoxy) is 1. The van der Waals surface area contributed by atoms with Crippen molar-refractivity contribution in [1.82, 2.24) is 15.1 Å². The van der Waals surface area contributed by atoms with Crippen LogP contribution >= 0.6 is 0 Å². The second-order valence-corrected chi connectivity index (χ2v) is 12.5. The van der Waals surface area contributed by atoms with Gasteiger partial charge in [0.05, 0.1) is 23.2 Å². The Morgan fingerprint density at radius 2 is 1.70 bits per heavy atom. The lowest BCUT2D eigenvalue weighted by Crippen LogP contribution is -2.56. The maximum absolute atomic E-state index is 13.2. The predicted molar refractivity (Wildman–Crippen MR) is 141 cm³/mol. The fourth-order valence-corrected chi connectivity index (χ4v) is 6.15. The van der Waals surface area contributed by atoms with Crippen LogP contribution in [0.4, 0.5) is 36.8 Å². The lowest BCUT2D eigenvalue weighted by molar-refractivity contribution is -0.143. The number of nitrogens with zero attached hydrogens (tertiary/aromatic N) is 4. The summed E-state index contributed by atoms with van der Waals surface area (Å²) >= 11 is 0. The van der Waals surface area contributed by atoms with Crippen LogP contribution < -0.4 is 10.2 Å². The van der Waals surface area contributed by atoms with E-state index in [0.717, 1.165) is 19.3 Å².